The highest BCUT2D eigenvalue weighted by Gasteiger charge is 2.53. The van der Waals surface area contributed by atoms with Crippen LogP contribution in [0.1, 0.15) is 20.8 Å². The Labute approximate surface area is 153 Å². The van der Waals surface area contributed by atoms with Crippen LogP contribution in [0, 0.1) is 0 Å². The second-order valence-corrected chi connectivity index (χ2v) is 17.5. The molecule has 0 radical (unpaired) electrons. The van der Waals surface area contributed by atoms with Gasteiger partial charge in [0.05, 0.1) is 5.38 Å². The minimum absolute atomic E-state index is 0.159. The van der Waals surface area contributed by atoms with Crippen LogP contribution in [-0.2, 0) is 4.43 Å². The molecule has 0 N–H and O–H groups in total. The Balaban J connectivity index is 2.86. The lowest BCUT2D eigenvalue weighted by Crippen LogP contribution is -2.67. The van der Waals surface area contributed by atoms with E-state index in [1.807, 2.05) is 36.4 Å². The highest BCUT2D eigenvalue weighted by atomic mass is 28.4. The van der Waals surface area contributed by atoms with Crippen molar-refractivity contribution in [1.29, 1.82) is 0 Å². The topological polar surface area (TPSA) is 9.23 Å². The van der Waals surface area contributed by atoms with Crippen molar-refractivity contribution in [3.63, 3.8) is 0 Å². The Kier molecular flexibility index (Phi) is 5.74. The summed E-state index contributed by atoms with van der Waals surface area (Å²) in [6.07, 6.45) is 0.732. The van der Waals surface area contributed by atoms with Crippen molar-refractivity contribution in [3.8, 4) is 0 Å². The maximum Gasteiger partial charge on any atom is 0.241 e. The third kappa shape index (κ3) is 3.96. The molecular weight excluding hydrogens is 343 g/mol. The molecule has 0 aromatic heterocycles. The van der Waals surface area contributed by atoms with Crippen LogP contribution >= 0.6 is 0 Å². The summed E-state index contributed by atoms with van der Waals surface area (Å²) in [4.78, 5) is 0. The molecule has 2 aromatic carbocycles. The molecule has 0 unspecified atom stereocenters. The summed E-state index contributed by atoms with van der Waals surface area (Å²) in [5.74, 6) is 0. The summed E-state index contributed by atoms with van der Waals surface area (Å²) >= 11 is 0. The second-order valence-electron chi connectivity index (χ2n) is 8.42. The largest absolute Gasteiger partial charge is 0.548 e. The molecule has 4 heteroatoms. The molecule has 0 saturated carbocycles. The standard InChI is InChI=1S/C21H29FOSi2/c1-21(2,3)25(18-13-9-7-10-14-18,19-15-11-8-12-16-19)20(17-22)23-24(4,5)6/h7-17H,1-6H3/b20-17+. The van der Waals surface area contributed by atoms with E-state index in [4.69, 9.17) is 4.43 Å². The average Bonchev–Trinajstić information content (AvgIpc) is 2.54. The van der Waals surface area contributed by atoms with E-state index in [1.54, 1.807) is 0 Å². The molecule has 0 bridgehead atoms. The van der Waals surface area contributed by atoms with Gasteiger partial charge in [0.1, 0.15) is 6.33 Å². The van der Waals surface area contributed by atoms with Gasteiger partial charge in [-0.25, -0.2) is 4.39 Å². The molecule has 0 spiro atoms. The third-order valence-electron chi connectivity index (χ3n) is 4.42. The van der Waals surface area contributed by atoms with Crippen molar-refractivity contribution in [3.05, 3.63) is 72.4 Å². The zero-order chi connectivity index (χ0) is 18.7. The van der Waals surface area contributed by atoms with E-state index in [0.29, 0.717) is 5.38 Å². The van der Waals surface area contributed by atoms with Crippen molar-refractivity contribution in [1.82, 2.24) is 0 Å². The summed E-state index contributed by atoms with van der Waals surface area (Å²) in [5, 5.41) is 2.73. The van der Waals surface area contributed by atoms with Crippen molar-refractivity contribution in [2.24, 2.45) is 0 Å². The first-order valence-electron chi connectivity index (χ1n) is 8.74. The van der Waals surface area contributed by atoms with Gasteiger partial charge in [0, 0.05) is 0 Å². The fourth-order valence-electron chi connectivity index (χ4n) is 3.57. The Morgan fingerprint density at radius 1 is 0.840 bits per heavy atom. The van der Waals surface area contributed by atoms with Gasteiger partial charge in [0.15, 0.2) is 8.07 Å². The fraction of sp³-hybridized carbons (Fsp3) is 0.333. The Hall–Kier alpha value is -1.66. The molecule has 0 amide bonds. The molecule has 0 aliphatic rings. The maximum atomic E-state index is 14.4. The van der Waals surface area contributed by atoms with Gasteiger partial charge in [-0.1, -0.05) is 81.4 Å². The van der Waals surface area contributed by atoms with Gasteiger partial charge in [-0.2, -0.15) is 0 Å². The van der Waals surface area contributed by atoms with Gasteiger partial charge in [0.2, 0.25) is 8.32 Å². The van der Waals surface area contributed by atoms with E-state index >= 15 is 0 Å². The molecular formula is C21H29FOSi2. The fourth-order valence-corrected chi connectivity index (χ4v) is 10.7. The van der Waals surface area contributed by atoms with Crippen molar-refractivity contribution < 1.29 is 8.82 Å². The molecule has 0 heterocycles. The number of hydrogen-bond acceptors (Lipinski definition) is 1. The van der Waals surface area contributed by atoms with Gasteiger partial charge in [0.25, 0.3) is 0 Å². The van der Waals surface area contributed by atoms with Crippen LogP contribution in [0.15, 0.2) is 72.4 Å². The monoisotopic (exact) mass is 372 g/mol. The number of hydrogen-bond donors (Lipinski definition) is 0. The first-order valence-corrected chi connectivity index (χ1v) is 14.1. The van der Waals surface area contributed by atoms with Crippen LogP contribution in [0.5, 0.6) is 0 Å². The number of halogens is 1. The Morgan fingerprint density at radius 3 is 1.52 bits per heavy atom. The quantitative estimate of drug-likeness (QED) is 0.514. The van der Waals surface area contributed by atoms with Gasteiger partial charge in [-0.15, -0.1) is 0 Å². The molecule has 2 rings (SSSR count). The number of rotatable bonds is 5. The van der Waals surface area contributed by atoms with Gasteiger partial charge in [-0.3, -0.25) is 0 Å². The lowest BCUT2D eigenvalue weighted by atomic mass is 10.2. The number of benzene rings is 2. The molecule has 1 nitrogen and oxygen atoms in total. The van der Waals surface area contributed by atoms with E-state index in [9.17, 15) is 4.39 Å². The van der Waals surface area contributed by atoms with Crippen LogP contribution in [-0.4, -0.2) is 16.4 Å². The SMILES string of the molecule is CC(C)(C)[Si](/C(=C/F)O[Si](C)(C)C)(c1ccccc1)c1ccccc1. The first kappa shape index (κ1) is 19.7. The first-order chi connectivity index (χ1) is 11.6. The van der Waals surface area contributed by atoms with Gasteiger partial charge in [-0.05, 0) is 35.1 Å². The molecule has 0 aliphatic carbocycles. The predicted molar refractivity (Wildman–Crippen MR) is 111 cm³/mol. The lowest BCUT2D eigenvalue weighted by Gasteiger charge is -2.46. The van der Waals surface area contributed by atoms with E-state index in [0.717, 1.165) is 6.33 Å². The third-order valence-corrected chi connectivity index (χ3v) is 11.1. The van der Waals surface area contributed by atoms with Crippen molar-refractivity contribution in [2.75, 3.05) is 0 Å². The average molecular weight is 373 g/mol. The van der Waals surface area contributed by atoms with E-state index in [1.165, 1.54) is 10.4 Å². The smallest absolute Gasteiger partial charge is 0.241 e. The normalized spacial score (nSPS) is 13.6. The minimum Gasteiger partial charge on any atom is -0.548 e. The highest BCUT2D eigenvalue weighted by molar-refractivity contribution is 7.09. The summed E-state index contributed by atoms with van der Waals surface area (Å²) in [7, 11) is -4.66. The minimum atomic E-state index is -2.69. The zero-order valence-corrected chi connectivity index (χ0v) is 18.1. The summed E-state index contributed by atoms with van der Waals surface area (Å²) < 4.78 is 20.7. The summed E-state index contributed by atoms with van der Waals surface area (Å²) in [6, 6.07) is 20.7. The summed E-state index contributed by atoms with van der Waals surface area (Å²) in [5.41, 5.74) is 0. The van der Waals surface area contributed by atoms with Crippen LogP contribution in [0.2, 0.25) is 24.7 Å². The lowest BCUT2D eigenvalue weighted by molar-refractivity contribution is 0.432. The second kappa shape index (κ2) is 7.30. The van der Waals surface area contributed by atoms with E-state index < -0.39 is 16.4 Å². The predicted octanol–water partition coefficient (Wildman–Crippen LogP) is 5.25. The van der Waals surface area contributed by atoms with Crippen LogP contribution in [0.4, 0.5) is 4.39 Å². The highest BCUT2D eigenvalue weighted by Crippen LogP contribution is 2.41. The van der Waals surface area contributed by atoms with Crippen LogP contribution in [0.3, 0.4) is 0 Å². The van der Waals surface area contributed by atoms with Crippen LogP contribution < -0.4 is 10.4 Å². The van der Waals surface area contributed by atoms with E-state index in [-0.39, 0.29) is 5.04 Å². The maximum absolute atomic E-state index is 14.4. The molecule has 0 atom stereocenters. The molecule has 0 aliphatic heterocycles. The van der Waals surface area contributed by atoms with Gasteiger partial charge < -0.3 is 4.43 Å². The Bertz CT molecular complexity index is 674. The van der Waals surface area contributed by atoms with Gasteiger partial charge >= 0.3 is 0 Å². The molecule has 0 saturated heterocycles. The summed E-state index contributed by atoms with van der Waals surface area (Å²) in [6.45, 7) is 12.9. The Morgan fingerprint density at radius 2 is 1.24 bits per heavy atom. The van der Waals surface area contributed by atoms with Crippen molar-refractivity contribution >= 4 is 26.8 Å². The zero-order valence-electron chi connectivity index (χ0n) is 16.1. The molecule has 25 heavy (non-hydrogen) atoms. The van der Waals surface area contributed by atoms with E-state index in [2.05, 4.69) is 64.7 Å². The van der Waals surface area contributed by atoms with Crippen LogP contribution in [0.25, 0.3) is 0 Å². The molecule has 2 aromatic rings. The van der Waals surface area contributed by atoms with Crippen molar-refractivity contribution in [2.45, 2.75) is 45.5 Å². The molecule has 0 fully saturated rings. The molecule has 134 valence electrons.